The van der Waals surface area contributed by atoms with Gasteiger partial charge in [0.2, 0.25) is 0 Å². The molecule has 0 aliphatic heterocycles. The fourth-order valence-electron chi connectivity index (χ4n) is 3.21. The van der Waals surface area contributed by atoms with Crippen molar-refractivity contribution in [2.45, 2.75) is 45.1 Å². The Morgan fingerprint density at radius 1 is 1.26 bits per heavy atom. The van der Waals surface area contributed by atoms with E-state index in [0.29, 0.717) is 0 Å². The Balaban J connectivity index is 1.67. The van der Waals surface area contributed by atoms with Crippen molar-refractivity contribution < 1.29 is 4.79 Å². The van der Waals surface area contributed by atoms with Crippen LogP contribution in [0.3, 0.4) is 0 Å². The first kappa shape index (κ1) is 12.5. The number of allylic oxidation sites excluding steroid dienone is 1. The van der Waals surface area contributed by atoms with Gasteiger partial charge < -0.3 is 5.32 Å². The molecule has 2 aliphatic carbocycles. The van der Waals surface area contributed by atoms with Gasteiger partial charge in [0.15, 0.2) is 0 Å². The normalized spacial score (nSPS) is 25.0. The van der Waals surface area contributed by atoms with Gasteiger partial charge in [-0.3, -0.25) is 4.79 Å². The fourth-order valence-corrected chi connectivity index (χ4v) is 3.21. The fraction of sp³-hybridized carbons (Fsp3) is 0.471. The molecule has 2 bridgehead atoms. The van der Waals surface area contributed by atoms with Crippen LogP contribution in [0.2, 0.25) is 0 Å². The molecule has 2 unspecified atom stereocenters. The number of hydrogen-bond donors (Lipinski definition) is 1. The Morgan fingerprint density at radius 2 is 2.05 bits per heavy atom. The van der Waals surface area contributed by atoms with Crippen molar-refractivity contribution in [1.29, 1.82) is 0 Å². The lowest BCUT2D eigenvalue weighted by Crippen LogP contribution is -2.37. The molecule has 2 heteroatoms. The van der Waals surface area contributed by atoms with Gasteiger partial charge in [-0.1, -0.05) is 30.7 Å². The second-order valence-corrected chi connectivity index (χ2v) is 5.74. The standard InChI is InChI=1S/C17H21NO/c1-2-12-3-7-14(8-4-12)17(19)18-16-10-6-13-5-9-15(16)11-13/h3-4,7-9,13,16H,2,5-6,10-11H2,1H3,(H,18,19). The van der Waals surface area contributed by atoms with Crippen LogP contribution in [0.5, 0.6) is 0 Å². The van der Waals surface area contributed by atoms with Crippen molar-refractivity contribution >= 4 is 5.91 Å². The molecule has 2 aliphatic rings. The highest BCUT2D eigenvalue weighted by Gasteiger charge is 2.30. The molecule has 1 N–H and O–H groups in total. The number of hydrogen-bond acceptors (Lipinski definition) is 1. The van der Waals surface area contributed by atoms with Crippen molar-refractivity contribution in [2.75, 3.05) is 0 Å². The monoisotopic (exact) mass is 255 g/mol. The molecular weight excluding hydrogens is 234 g/mol. The van der Waals surface area contributed by atoms with Crippen molar-refractivity contribution in [3.05, 3.63) is 47.0 Å². The van der Waals surface area contributed by atoms with E-state index in [0.717, 1.165) is 24.3 Å². The van der Waals surface area contributed by atoms with Crippen molar-refractivity contribution in [3.63, 3.8) is 0 Å². The molecule has 2 nitrogen and oxygen atoms in total. The van der Waals surface area contributed by atoms with Crippen LogP contribution in [0, 0.1) is 5.92 Å². The number of amides is 1. The van der Waals surface area contributed by atoms with Crippen molar-refractivity contribution in [1.82, 2.24) is 5.32 Å². The van der Waals surface area contributed by atoms with Crippen LogP contribution < -0.4 is 5.32 Å². The minimum atomic E-state index is 0.0684. The van der Waals surface area contributed by atoms with E-state index >= 15 is 0 Å². The van der Waals surface area contributed by atoms with Gasteiger partial charge >= 0.3 is 0 Å². The summed E-state index contributed by atoms with van der Waals surface area (Å²) in [6.07, 6.45) is 8.11. The topological polar surface area (TPSA) is 29.1 Å². The first-order chi connectivity index (χ1) is 9.26. The molecule has 2 atom stereocenters. The first-order valence-electron chi connectivity index (χ1n) is 7.35. The van der Waals surface area contributed by atoms with Crippen LogP contribution in [0.1, 0.15) is 48.5 Å². The Labute approximate surface area is 114 Å². The first-order valence-corrected chi connectivity index (χ1v) is 7.35. The van der Waals surface area contributed by atoms with Crippen molar-refractivity contribution in [3.8, 4) is 0 Å². The highest BCUT2D eigenvalue weighted by molar-refractivity contribution is 5.94. The van der Waals surface area contributed by atoms with E-state index in [2.05, 4.69) is 18.3 Å². The second-order valence-electron chi connectivity index (χ2n) is 5.74. The number of carbonyl (C=O) groups excluding carboxylic acids is 1. The number of nitrogens with one attached hydrogen (secondary N) is 1. The zero-order valence-electron chi connectivity index (χ0n) is 11.5. The maximum atomic E-state index is 12.2. The largest absolute Gasteiger partial charge is 0.346 e. The molecule has 1 amide bonds. The van der Waals surface area contributed by atoms with Crippen LogP contribution in [0.4, 0.5) is 0 Å². The zero-order valence-corrected chi connectivity index (χ0v) is 11.5. The van der Waals surface area contributed by atoms with Crippen LogP contribution in [0.25, 0.3) is 0 Å². The number of benzene rings is 1. The van der Waals surface area contributed by atoms with Crippen LogP contribution in [0.15, 0.2) is 35.9 Å². The average molecular weight is 255 g/mol. The summed E-state index contributed by atoms with van der Waals surface area (Å²) in [6, 6.07) is 8.23. The van der Waals surface area contributed by atoms with Crippen molar-refractivity contribution in [2.24, 2.45) is 5.92 Å². The third-order valence-corrected chi connectivity index (χ3v) is 4.48. The molecule has 1 aromatic carbocycles. The molecule has 1 fully saturated rings. The van der Waals surface area contributed by atoms with Crippen LogP contribution >= 0.6 is 0 Å². The molecule has 0 saturated heterocycles. The predicted molar refractivity (Wildman–Crippen MR) is 77.1 cm³/mol. The smallest absolute Gasteiger partial charge is 0.251 e. The molecule has 0 radical (unpaired) electrons. The zero-order chi connectivity index (χ0) is 13.2. The van der Waals surface area contributed by atoms with Gasteiger partial charge in [0.25, 0.3) is 5.91 Å². The number of fused-ring (bicyclic) bond motifs is 2. The predicted octanol–water partition coefficient (Wildman–Crippen LogP) is 3.48. The van der Waals surface area contributed by atoms with Gasteiger partial charge in [0, 0.05) is 5.56 Å². The lowest BCUT2D eigenvalue weighted by Gasteiger charge is -2.26. The van der Waals surface area contributed by atoms with E-state index in [1.165, 1.54) is 30.4 Å². The Hall–Kier alpha value is -1.57. The minimum absolute atomic E-state index is 0.0684. The molecule has 1 saturated carbocycles. The highest BCUT2D eigenvalue weighted by atomic mass is 16.1. The summed E-state index contributed by atoms with van der Waals surface area (Å²) in [5, 5.41) is 3.19. The van der Waals surface area contributed by atoms with Crippen LogP contribution in [-0.4, -0.2) is 11.9 Å². The van der Waals surface area contributed by atoms with E-state index < -0.39 is 0 Å². The lowest BCUT2D eigenvalue weighted by atomic mass is 9.87. The van der Waals surface area contributed by atoms with E-state index in [1.54, 1.807) is 0 Å². The summed E-state index contributed by atoms with van der Waals surface area (Å²) in [7, 11) is 0. The number of carbonyl (C=O) groups is 1. The Morgan fingerprint density at radius 3 is 2.79 bits per heavy atom. The summed E-state index contributed by atoms with van der Waals surface area (Å²) in [5.41, 5.74) is 3.50. The molecule has 19 heavy (non-hydrogen) atoms. The van der Waals surface area contributed by atoms with Gasteiger partial charge in [-0.2, -0.15) is 0 Å². The average Bonchev–Trinajstić information content (AvgIpc) is 2.85. The van der Waals surface area contributed by atoms with E-state index in [9.17, 15) is 4.79 Å². The summed E-state index contributed by atoms with van der Waals surface area (Å²) in [6.45, 7) is 2.13. The summed E-state index contributed by atoms with van der Waals surface area (Å²) >= 11 is 0. The molecule has 0 aromatic heterocycles. The molecule has 1 aromatic rings. The summed E-state index contributed by atoms with van der Waals surface area (Å²) < 4.78 is 0. The molecule has 3 rings (SSSR count). The van der Waals surface area contributed by atoms with Gasteiger partial charge in [-0.15, -0.1) is 0 Å². The molecule has 0 spiro atoms. The third-order valence-electron chi connectivity index (χ3n) is 4.48. The van der Waals surface area contributed by atoms with E-state index in [4.69, 9.17) is 0 Å². The quantitative estimate of drug-likeness (QED) is 0.823. The van der Waals surface area contributed by atoms with Gasteiger partial charge in [0.1, 0.15) is 0 Å². The lowest BCUT2D eigenvalue weighted by molar-refractivity contribution is 0.0936. The molecular formula is C17H21NO. The van der Waals surface area contributed by atoms with E-state index in [1.807, 2.05) is 24.3 Å². The maximum absolute atomic E-state index is 12.2. The second kappa shape index (κ2) is 5.20. The molecule has 100 valence electrons. The van der Waals surface area contributed by atoms with Gasteiger partial charge in [-0.05, 0) is 55.7 Å². The highest BCUT2D eigenvalue weighted by Crippen LogP contribution is 2.37. The number of aryl methyl sites for hydroxylation is 1. The summed E-state index contributed by atoms with van der Waals surface area (Å²) in [5.74, 6) is 0.922. The number of rotatable bonds is 3. The SMILES string of the molecule is CCc1ccc(C(=O)NC2CCC3CC=C2C3)cc1. The van der Waals surface area contributed by atoms with E-state index in [-0.39, 0.29) is 11.9 Å². The minimum Gasteiger partial charge on any atom is -0.346 e. The Bertz CT molecular complexity index is 500. The summed E-state index contributed by atoms with van der Waals surface area (Å²) in [4.78, 5) is 12.2. The maximum Gasteiger partial charge on any atom is 0.251 e. The molecule has 0 heterocycles. The third kappa shape index (κ3) is 2.58. The van der Waals surface area contributed by atoms with Gasteiger partial charge in [-0.25, -0.2) is 0 Å². The van der Waals surface area contributed by atoms with Crippen LogP contribution in [-0.2, 0) is 6.42 Å². The Kier molecular flexibility index (Phi) is 3.41. The van der Waals surface area contributed by atoms with Gasteiger partial charge in [0.05, 0.1) is 6.04 Å².